The summed E-state index contributed by atoms with van der Waals surface area (Å²) in [6.45, 7) is 7.13. The number of nitrogens with zero attached hydrogens (tertiary/aromatic N) is 6. The van der Waals surface area contributed by atoms with Crippen molar-refractivity contribution in [2.75, 3.05) is 54.0 Å². The number of aryl methyl sites for hydroxylation is 1. The van der Waals surface area contributed by atoms with Crippen LogP contribution in [-0.4, -0.2) is 59.2 Å². The third kappa shape index (κ3) is 4.27. The van der Waals surface area contributed by atoms with Gasteiger partial charge in [-0.15, -0.1) is 0 Å². The van der Waals surface area contributed by atoms with Gasteiger partial charge in [0, 0.05) is 67.8 Å². The summed E-state index contributed by atoms with van der Waals surface area (Å²) in [5, 5.41) is 0.735. The predicted octanol–water partition coefficient (Wildman–Crippen LogP) is 3.12. The van der Waals surface area contributed by atoms with Gasteiger partial charge in [-0.2, -0.15) is 0 Å². The van der Waals surface area contributed by atoms with Crippen molar-refractivity contribution in [2.45, 2.75) is 19.8 Å². The van der Waals surface area contributed by atoms with E-state index in [1.807, 2.05) is 31.2 Å². The molecule has 0 bridgehead atoms. The van der Waals surface area contributed by atoms with Gasteiger partial charge in [-0.25, -0.2) is 15.0 Å². The first-order valence-electron chi connectivity index (χ1n) is 11.0. The van der Waals surface area contributed by atoms with Crippen molar-refractivity contribution in [1.82, 2.24) is 19.9 Å². The Bertz CT molecular complexity index is 1150. The molecule has 1 N–H and O–H groups in total. The summed E-state index contributed by atoms with van der Waals surface area (Å²) in [4.78, 5) is 36.0. The van der Waals surface area contributed by atoms with E-state index in [1.165, 1.54) is 18.9 Å². The number of aromatic amines is 1. The number of halogens is 1. The topological polar surface area (TPSA) is 81.2 Å². The summed E-state index contributed by atoms with van der Waals surface area (Å²) >= 11 is 6.01. The van der Waals surface area contributed by atoms with Gasteiger partial charge in [0.1, 0.15) is 0 Å². The van der Waals surface area contributed by atoms with Gasteiger partial charge < -0.3 is 14.7 Å². The summed E-state index contributed by atoms with van der Waals surface area (Å²) < 4.78 is 0. The Morgan fingerprint density at radius 2 is 1.59 bits per heavy atom. The minimum Gasteiger partial charge on any atom is -0.368 e. The minimum atomic E-state index is -0.173. The zero-order valence-electron chi connectivity index (χ0n) is 18.1. The Balaban J connectivity index is 1.34. The number of hydrogen-bond donors (Lipinski definition) is 1. The largest absolute Gasteiger partial charge is 0.368 e. The molecule has 0 radical (unpaired) electrons. The molecule has 0 unspecified atom stereocenters. The average molecular weight is 452 g/mol. The van der Waals surface area contributed by atoms with Crippen molar-refractivity contribution in [3.05, 3.63) is 57.6 Å². The Morgan fingerprint density at radius 1 is 0.906 bits per heavy atom. The Labute approximate surface area is 191 Å². The number of piperazine rings is 1. The number of nitrogens with one attached hydrogen (secondary N) is 1. The van der Waals surface area contributed by atoms with Crippen LogP contribution in [0.2, 0.25) is 5.02 Å². The van der Waals surface area contributed by atoms with Crippen molar-refractivity contribution in [1.29, 1.82) is 0 Å². The van der Waals surface area contributed by atoms with Gasteiger partial charge in [0.05, 0.1) is 11.4 Å². The van der Waals surface area contributed by atoms with Gasteiger partial charge >= 0.3 is 0 Å². The van der Waals surface area contributed by atoms with E-state index in [4.69, 9.17) is 16.6 Å². The second-order valence-electron chi connectivity index (χ2n) is 8.27. The molecule has 9 heteroatoms. The number of benzene rings is 1. The van der Waals surface area contributed by atoms with Crippen LogP contribution in [0.4, 0.5) is 17.6 Å². The van der Waals surface area contributed by atoms with Crippen LogP contribution in [0.3, 0.4) is 0 Å². The van der Waals surface area contributed by atoms with Crippen molar-refractivity contribution >= 4 is 29.2 Å². The molecule has 2 aliphatic rings. The maximum absolute atomic E-state index is 12.4. The maximum Gasteiger partial charge on any atom is 0.252 e. The van der Waals surface area contributed by atoms with Gasteiger partial charge in [-0.3, -0.25) is 9.78 Å². The second-order valence-corrected chi connectivity index (χ2v) is 8.70. The van der Waals surface area contributed by atoms with Crippen LogP contribution in [0.15, 0.2) is 41.3 Å². The Hall–Kier alpha value is -3.13. The number of H-pyrrole nitrogens is 1. The molecule has 3 aromatic rings. The normalized spacial score (nSPS) is 16.6. The van der Waals surface area contributed by atoms with Crippen LogP contribution in [0.5, 0.6) is 0 Å². The zero-order chi connectivity index (χ0) is 22.1. The number of hydrogen-bond acceptors (Lipinski definition) is 7. The van der Waals surface area contributed by atoms with E-state index < -0.39 is 0 Å². The fourth-order valence-corrected chi connectivity index (χ4v) is 4.46. The highest BCUT2D eigenvalue weighted by Crippen LogP contribution is 2.24. The van der Waals surface area contributed by atoms with Crippen LogP contribution in [0, 0.1) is 6.92 Å². The summed E-state index contributed by atoms with van der Waals surface area (Å²) in [7, 11) is 0. The van der Waals surface area contributed by atoms with E-state index in [-0.39, 0.29) is 5.56 Å². The SMILES string of the molecule is Cc1nc(N2CCCC2)ncc1-c1cc(=O)[nH]c(N2CCN(c3ccc(Cl)cc3)CC2)n1. The molecule has 2 aromatic heterocycles. The average Bonchev–Trinajstić information content (AvgIpc) is 3.34. The zero-order valence-corrected chi connectivity index (χ0v) is 18.8. The summed E-state index contributed by atoms with van der Waals surface area (Å²) in [5.74, 6) is 1.35. The van der Waals surface area contributed by atoms with E-state index in [1.54, 1.807) is 6.20 Å². The van der Waals surface area contributed by atoms with E-state index in [9.17, 15) is 4.79 Å². The number of anilines is 3. The molecule has 166 valence electrons. The van der Waals surface area contributed by atoms with E-state index >= 15 is 0 Å². The highest BCUT2D eigenvalue weighted by Gasteiger charge is 2.21. The van der Waals surface area contributed by atoms with Gasteiger partial charge in [0.2, 0.25) is 11.9 Å². The van der Waals surface area contributed by atoms with Gasteiger partial charge in [-0.05, 0) is 44.0 Å². The summed E-state index contributed by atoms with van der Waals surface area (Å²) in [5.41, 5.74) is 3.20. The Kier molecular flexibility index (Phi) is 5.70. The molecule has 0 amide bonds. The van der Waals surface area contributed by atoms with E-state index in [0.29, 0.717) is 11.6 Å². The van der Waals surface area contributed by atoms with Crippen LogP contribution in [0.25, 0.3) is 11.3 Å². The molecule has 0 aliphatic carbocycles. The molecule has 0 saturated carbocycles. The lowest BCUT2D eigenvalue weighted by molar-refractivity contribution is 0.639. The standard InChI is InChI=1S/C23H26ClN7O/c1-16-19(15-25-22(26-16)30-8-2-3-9-30)20-14-21(32)28-23(27-20)31-12-10-29(11-13-31)18-6-4-17(24)5-7-18/h4-7,14-15H,2-3,8-13H2,1H3,(H,27,28,32). The third-order valence-electron chi connectivity index (χ3n) is 6.13. The fourth-order valence-electron chi connectivity index (χ4n) is 4.34. The minimum absolute atomic E-state index is 0.173. The van der Waals surface area contributed by atoms with Crippen molar-refractivity contribution < 1.29 is 0 Å². The first-order valence-corrected chi connectivity index (χ1v) is 11.4. The second kappa shape index (κ2) is 8.78. The molecule has 2 aliphatic heterocycles. The lowest BCUT2D eigenvalue weighted by Gasteiger charge is -2.36. The monoisotopic (exact) mass is 451 g/mol. The highest BCUT2D eigenvalue weighted by molar-refractivity contribution is 6.30. The summed E-state index contributed by atoms with van der Waals surface area (Å²) in [6, 6.07) is 9.41. The Morgan fingerprint density at radius 3 is 2.28 bits per heavy atom. The molecule has 32 heavy (non-hydrogen) atoms. The van der Waals surface area contributed by atoms with Gasteiger partial charge in [-0.1, -0.05) is 11.6 Å². The first-order chi connectivity index (χ1) is 15.6. The smallest absolute Gasteiger partial charge is 0.252 e. The van der Waals surface area contributed by atoms with Crippen molar-refractivity contribution in [3.63, 3.8) is 0 Å². The molecule has 0 atom stereocenters. The molecule has 4 heterocycles. The lowest BCUT2D eigenvalue weighted by atomic mass is 10.1. The van der Waals surface area contributed by atoms with Crippen molar-refractivity contribution in [2.24, 2.45) is 0 Å². The highest BCUT2D eigenvalue weighted by atomic mass is 35.5. The van der Waals surface area contributed by atoms with Gasteiger partial charge in [0.15, 0.2) is 0 Å². The van der Waals surface area contributed by atoms with E-state index in [2.05, 4.69) is 29.7 Å². The summed E-state index contributed by atoms with van der Waals surface area (Å²) in [6.07, 6.45) is 4.14. The molecule has 0 spiro atoms. The number of aromatic nitrogens is 4. The number of rotatable bonds is 4. The quantitative estimate of drug-likeness (QED) is 0.652. The molecule has 1 aromatic carbocycles. The van der Waals surface area contributed by atoms with Crippen molar-refractivity contribution in [3.8, 4) is 11.3 Å². The first kappa shape index (κ1) is 20.8. The van der Waals surface area contributed by atoms with Crippen LogP contribution in [0.1, 0.15) is 18.5 Å². The van der Waals surface area contributed by atoms with Crippen LogP contribution >= 0.6 is 11.6 Å². The molecular formula is C23H26ClN7O. The predicted molar refractivity (Wildman–Crippen MR) is 128 cm³/mol. The molecular weight excluding hydrogens is 426 g/mol. The molecule has 8 nitrogen and oxygen atoms in total. The molecule has 5 rings (SSSR count). The molecule has 2 fully saturated rings. The van der Waals surface area contributed by atoms with Crippen LogP contribution < -0.4 is 20.3 Å². The lowest BCUT2D eigenvalue weighted by Crippen LogP contribution is -2.47. The maximum atomic E-state index is 12.4. The fraction of sp³-hybridized carbons (Fsp3) is 0.391. The van der Waals surface area contributed by atoms with Crippen LogP contribution in [-0.2, 0) is 0 Å². The van der Waals surface area contributed by atoms with Gasteiger partial charge in [0.25, 0.3) is 5.56 Å². The van der Waals surface area contributed by atoms with E-state index in [0.717, 1.165) is 67.2 Å². The third-order valence-corrected chi connectivity index (χ3v) is 6.38. The molecule has 2 saturated heterocycles.